The molecule has 0 aliphatic carbocycles. The number of aromatic nitrogens is 2. The molecule has 0 aliphatic heterocycles. The number of nitriles is 1. The van der Waals surface area contributed by atoms with E-state index in [1.165, 1.54) is 12.8 Å². The van der Waals surface area contributed by atoms with Crippen molar-refractivity contribution in [2.75, 3.05) is 5.88 Å². The number of rotatable bonds is 6. The van der Waals surface area contributed by atoms with Crippen molar-refractivity contribution in [3.8, 4) is 6.07 Å². The maximum atomic E-state index is 9.08. The predicted molar refractivity (Wildman–Crippen MR) is 83.1 cm³/mol. The Morgan fingerprint density at radius 3 is 2.90 bits per heavy atom. The van der Waals surface area contributed by atoms with Gasteiger partial charge in [0.2, 0.25) is 0 Å². The van der Waals surface area contributed by atoms with Gasteiger partial charge in [-0.25, -0.2) is 4.98 Å². The van der Waals surface area contributed by atoms with Crippen LogP contribution in [0.15, 0.2) is 18.2 Å². The number of hydrogen-bond donors (Lipinski definition) is 0. The van der Waals surface area contributed by atoms with Crippen LogP contribution in [0.25, 0.3) is 11.0 Å². The summed E-state index contributed by atoms with van der Waals surface area (Å²) in [7, 11) is 0. The van der Waals surface area contributed by atoms with Crippen molar-refractivity contribution in [3.05, 3.63) is 29.6 Å². The monoisotopic (exact) mass is 289 g/mol. The highest BCUT2D eigenvalue weighted by Gasteiger charge is 2.15. The summed E-state index contributed by atoms with van der Waals surface area (Å²) in [6.45, 7) is 4.42. The van der Waals surface area contributed by atoms with Gasteiger partial charge in [-0.05, 0) is 31.5 Å². The molecule has 0 bridgehead atoms. The average molecular weight is 290 g/mol. The lowest BCUT2D eigenvalue weighted by Gasteiger charge is -2.17. The van der Waals surface area contributed by atoms with Gasteiger partial charge in [-0.2, -0.15) is 5.26 Å². The summed E-state index contributed by atoms with van der Waals surface area (Å²) in [5.41, 5.74) is 2.68. The van der Waals surface area contributed by atoms with E-state index in [4.69, 9.17) is 16.9 Å². The van der Waals surface area contributed by atoms with Crippen LogP contribution < -0.4 is 0 Å². The van der Waals surface area contributed by atoms with Gasteiger partial charge in [0, 0.05) is 18.3 Å². The van der Waals surface area contributed by atoms with Crippen LogP contribution in [0.3, 0.4) is 0 Å². The maximum absolute atomic E-state index is 9.08. The molecule has 20 heavy (non-hydrogen) atoms. The molecular weight excluding hydrogens is 270 g/mol. The molecule has 0 spiro atoms. The number of nitrogens with zero attached hydrogens (tertiary/aromatic N) is 3. The number of aryl methyl sites for hydroxylation is 1. The van der Waals surface area contributed by atoms with Gasteiger partial charge < -0.3 is 4.57 Å². The van der Waals surface area contributed by atoms with Crippen LogP contribution in [-0.4, -0.2) is 15.4 Å². The smallest absolute Gasteiger partial charge is 0.111 e. The van der Waals surface area contributed by atoms with E-state index < -0.39 is 0 Å². The Labute approximate surface area is 125 Å². The van der Waals surface area contributed by atoms with Crippen LogP contribution in [0.5, 0.6) is 0 Å². The van der Waals surface area contributed by atoms with Crippen LogP contribution in [0.4, 0.5) is 0 Å². The van der Waals surface area contributed by atoms with E-state index in [1.54, 1.807) is 0 Å². The molecule has 1 aromatic carbocycles. The molecule has 2 rings (SSSR count). The number of unbranched alkanes of at least 4 members (excludes halogenated alkanes) is 1. The number of fused-ring (bicyclic) bond motifs is 1. The van der Waals surface area contributed by atoms with Crippen molar-refractivity contribution in [2.45, 2.75) is 45.6 Å². The molecule has 0 radical (unpaired) electrons. The lowest BCUT2D eigenvalue weighted by atomic mass is 10.1. The number of halogens is 1. The van der Waals surface area contributed by atoms with Crippen molar-refractivity contribution in [2.24, 2.45) is 0 Å². The Bertz CT molecular complexity index is 624. The summed E-state index contributed by atoms with van der Waals surface area (Å²) in [5, 5.41) is 9.08. The summed E-state index contributed by atoms with van der Waals surface area (Å²) in [4.78, 5) is 4.68. The van der Waals surface area contributed by atoms with Crippen LogP contribution >= 0.6 is 11.6 Å². The van der Waals surface area contributed by atoms with Gasteiger partial charge in [0.15, 0.2) is 0 Å². The quantitative estimate of drug-likeness (QED) is 0.738. The molecule has 1 unspecified atom stereocenters. The number of hydrogen-bond acceptors (Lipinski definition) is 2. The number of benzene rings is 1. The van der Waals surface area contributed by atoms with Crippen molar-refractivity contribution in [1.29, 1.82) is 5.26 Å². The summed E-state index contributed by atoms with van der Waals surface area (Å²) in [5.74, 6) is 1.59. The van der Waals surface area contributed by atoms with Gasteiger partial charge in [0.25, 0.3) is 0 Å². The minimum Gasteiger partial charge on any atom is -0.325 e. The molecule has 0 N–H and O–H groups in total. The van der Waals surface area contributed by atoms with E-state index in [9.17, 15) is 0 Å². The summed E-state index contributed by atoms with van der Waals surface area (Å²) < 4.78 is 2.26. The Balaban J connectivity index is 2.51. The van der Waals surface area contributed by atoms with Gasteiger partial charge >= 0.3 is 0 Å². The van der Waals surface area contributed by atoms with Crippen molar-refractivity contribution >= 4 is 22.6 Å². The number of alkyl halides is 1. The summed E-state index contributed by atoms with van der Waals surface area (Å²) >= 11 is 5.90. The first-order chi connectivity index (χ1) is 9.71. The highest BCUT2D eigenvalue weighted by Crippen LogP contribution is 2.25. The largest absolute Gasteiger partial charge is 0.325 e. The first-order valence-electron chi connectivity index (χ1n) is 7.18. The van der Waals surface area contributed by atoms with Gasteiger partial charge in [0.1, 0.15) is 5.82 Å². The molecule has 106 valence electrons. The number of imidazole rings is 1. The third-order valence-corrected chi connectivity index (χ3v) is 3.81. The van der Waals surface area contributed by atoms with E-state index in [2.05, 4.69) is 29.5 Å². The Morgan fingerprint density at radius 2 is 2.25 bits per heavy atom. The lowest BCUT2D eigenvalue weighted by Crippen LogP contribution is -2.10. The van der Waals surface area contributed by atoms with Crippen molar-refractivity contribution in [1.82, 2.24) is 9.55 Å². The van der Waals surface area contributed by atoms with E-state index >= 15 is 0 Å². The lowest BCUT2D eigenvalue weighted by molar-refractivity contribution is 0.482. The maximum Gasteiger partial charge on any atom is 0.111 e. The molecular formula is C16H20ClN3. The molecule has 1 atom stereocenters. The minimum atomic E-state index is 0.382. The molecule has 1 heterocycles. The van der Waals surface area contributed by atoms with Crippen molar-refractivity contribution in [3.63, 3.8) is 0 Å². The molecule has 4 heteroatoms. The van der Waals surface area contributed by atoms with Gasteiger partial charge in [-0.15, -0.1) is 11.6 Å². The Morgan fingerprint density at radius 1 is 1.45 bits per heavy atom. The molecule has 3 nitrogen and oxygen atoms in total. The normalized spacial score (nSPS) is 12.5. The van der Waals surface area contributed by atoms with E-state index in [1.807, 2.05) is 18.2 Å². The molecule has 0 amide bonds. The van der Waals surface area contributed by atoms with Gasteiger partial charge in [0.05, 0.1) is 22.7 Å². The Hall–Kier alpha value is -1.53. The van der Waals surface area contributed by atoms with E-state index in [-0.39, 0.29) is 0 Å². The summed E-state index contributed by atoms with van der Waals surface area (Å²) in [6.07, 6.45) is 4.26. The summed E-state index contributed by atoms with van der Waals surface area (Å²) in [6, 6.07) is 8.26. The van der Waals surface area contributed by atoms with E-state index in [0.29, 0.717) is 17.5 Å². The fourth-order valence-electron chi connectivity index (χ4n) is 2.59. The molecule has 1 aromatic heterocycles. The van der Waals surface area contributed by atoms with Crippen LogP contribution in [0.1, 0.15) is 50.5 Å². The zero-order chi connectivity index (χ0) is 14.5. The highest BCUT2D eigenvalue weighted by molar-refractivity contribution is 6.17. The molecule has 0 saturated heterocycles. The van der Waals surface area contributed by atoms with Gasteiger partial charge in [-0.1, -0.05) is 19.8 Å². The predicted octanol–water partition coefficient (Wildman–Crippen LogP) is 4.44. The second-order valence-electron chi connectivity index (χ2n) is 5.14. The molecule has 0 aliphatic rings. The fraction of sp³-hybridized carbons (Fsp3) is 0.500. The van der Waals surface area contributed by atoms with Gasteiger partial charge in [-0.3, -0.25) is 0 Å². The van der Waals surface area contributed by atoms with Crippen LogP contribution in [0.2, 0.25) is 0 Å². The second kappa shape index (κ2) is 6.76. The Kier molecular flexibility index (Phi) is 5.03. The average Bonchev–Trinajstić information content (AvgIpc) is 2.82. The first-order valence-corrected chi connectivity index (χ1v) is 7.71. The molecule has 0 fully saturated rings. The zero-order valence-corrected chi connectivity index (χ0v) is 12.8. The molecule has 2 aromatic rings. The first kappa shape index (κ1) is 14.9. The fourth-order valence-corrected chi connectivity index (χ4v) is 2.76. The standard InChI is InChI=1S/C16H20ClN3/c1-3-4-5-12(2)20-15-10-13(11-18)6-7-14(15)19-16(20)8-9-17/h6-7,10,12H,3-5,8-9H2,1-2H3. The van der Waals surface area contributed by atoms with Crippen LogP contribution in [-0.2, 0) is 6.42 Å². The SMILES string of the molecule is CCCCC(C)n1c(CCCl)nc2ccc(C#N)cc21. The second-order valence-corrected chi connectivity index (χ2v) is 5.52. The third kappa shape index (κ3) is 2.96. The topological polar surface area (TPSA) is 41.6 Å². The van der Waals surface area contributed by atoms with E-state index in [0.717, 1.165) is 29.7 Å². The molecule has 0 saturated carbocycles. The van der Waals surface area contributed by atoms with Crippen LogP contribution in [0, 0.1) is 11.3 Å². The third-order valence-electron chi connectivity index (χ3n) is 3.63. The zero-order valence-electron chi connectivity index (χ0n) is 12.1. The highest BCUT2D eigenvalue weighted by atomic mass is 35.5. The minimum absolute atomic E-state index is 0.382. The van der Waals surface area contributed by atoms with Crippen molar-refractivity contribution < 1.29 is 0 Å².